The number of fused-ring (bicyclic) bond motifs is 1. The Morgan fingerprint density at radius 2 is 1.83 bits per heavy atom. The van der Waals surface area contributed by atoms with Gasteiger partial charge in [0.2, 0.25) is 0 Å². The molecule has 0 heterocycles. The number of sulfone groups is 1. The van der Waals surface area contributed by atoms with E-state index in [0.29, 0.717) is 5.56 Å². The highest BCUT2D eigenvalue weighted by molar-refractivity contribution is 7.89. The van der Waals surface area contributed by atoms with Crippen molar-refractivity contribution in [2.45, 2.75) is 44.1 Å². The Morgan fingerprint density at radius 1 is 1.14 bits per heavy atom. The summed E-state index contributed by atoms with van der Waals surface area (Å²) in [5.74, 6) is -1.05. The number of amides is 1. The standard InChI is InChI=1S/C22H25NO5S/c1-15(21(24)23-20-9-5-7-17-6-3-4-8-19(17)20)28-22(25)18-12-10-16(11-13-18)14-29(2,26)27/h3-4,6,8,10-13,15,20H,5,7,9,14H2,1-2H3,(H,23,24)/t15-,20+/m1/s1. The zero-order valence-electron chi connectivity index (χ0n) is 16.6. The molecular weight excluding hydrogens is 390 g/mol. The lowest BCUT2D eigenvalue weighted by atomic mass is 9.87. The van der Waals surface area contributed by atoms with E-state index in [1.807, 2.05) is 18.2 Å². The fourth-order valence-electron chi connectivity index (χ4n) is 3.51. The van der Waals surface area contributed by atoms with Gasteiger partial charge in [-0.2, -0.15) is 0 Å². The van der Waals surface area contributed by atoms with E-state index in [2.05, 4.69) is 11.4 Å². The maximum absolute atomic E-state index is 12.5. The van der Waals surface area contributed by atoms with Gasteiger partial charge in [-0.1, -0.05) is 36.4 Å². The van der Waals surface area contributed by atoms with Crippen LogP contribution in [0.4, 0.5) is 0 Å². The summed E-state index contributed by atoms with van der Waals surface area (Å²) in [5, 5.41) is 2.98. The highest BCUT2D eigenvalue weighted by atomic mass is 32.2. The van der Waals surface area contributed by atoms with E-state index in [-0.39, 0.29) is 23.3 Å². The third-order valence-electron chi connectivity index (χ3n) is 4.96. The van der Waals surface area contributed by atoms with E-state index in [1.165, 1.54) is 17.7 Å². The zero-order valence-corrected chi connectivity index (χ0v) is 17.4. The molecule has 0 aliphatic heterocycles. The molecule has 7 heteroatoms. The molecule has 1 amide bonds. The Morgan fingerprint density at radius 3 is 2.52 bits per heavy atom. The van der Waals surface area contributed by atoms with Gasteiger partial charge in [0.1, 0.15) is 0 Å². The summed E-state index contributed by atoms with van der Waals surface area (Å²) < 4.78 is 28.0. The highest BCUT2D eigenvalue weighted by Crippen LogP contribution is 2.29. The molecule has 1 N–H and O–H groups in total. The molecule has 0 radical (unpaired) electrons. The fraction of sp³-hybridized carbons (Fsp3) is 0.364. The van der Waals surface area contributed by atoms with Crippen molar-refractivity contribution < 1.29 is 22.7 Å². The first-order chi connectivity index (χ1) is 13.7. The minimum Gasteiger partial charge on any atom is -0.449 e. The molecule has 2 aromatic carbocycles. The Hall–Kier alpha value is -2.67. The van der Waals surface area contributed by atoms with Gasteiger partial charge in [-0.25, -0.2) is 13.2 Å². The third kappa shape index (κ3) is 5.67. The van der Waals surface area contributed by atoms with Crippen molar-refractivity contribution in [2.75, 3.05) is 6.26 Å². The van der Waals surface area contributed by atoms with Crippen LogP contribution >= 0.6 is 0 Å². The summed E-state index contributed by atoms with van der Waals surface area (Å²) >= 11 is 0. The maximum atomic E-state index is 12.5. The Labute approximate surface area is 171 Å². The van der Waals surface area contributed by atoms with Crippen LogP contribution in [-0.2, 0) is 31.5 Å². The summed E-state index contributed by atoms with van der Waals surface area (Å²) in [6.07, 6.45) is 3.07. The van der Waals surface area contributed by atoms with Gasteiger partial charge in [0.15, 0.2) is 15.9 Å². The lowest BCUT2D eigenvalue weighted by Crippen LogP contribution is -2.39. The number of hydrogen-bond donors (Lipinski definition) is 1. The molecule has 0 spiro atoms. The second-order valence-corrected chi connectivity index (χ2v) is 9.61. The molecule has 0 aromatic heterocycles. The average molecular weight is 416 g/mol. The summed E-state index contributed by atoms with van der Waals surface area (Å²) in [5.41, 5.74) is 3.21. The number of esters is 1. The molecular formula is C22H25NO5S. The minimum absolute atomic E-state index is 0.0797. The molecule has 1 aliphatic carbocycles. The van der Waals surface area contributed by atoms with Crippen molar-refractivity contribution >= 4 is 21.7 Å². The maximum Gasteiger partial charge on any atom is 0.338 e. The van der Waals surface area contributed by atoms with Gasteiger partial charge in [0.05, 0.1) is 17.4 Å². The Kier molecular flexibility index (Phi) is 6.37. The topological polar surface area (TPSA) is 89.5 Å². The van der Waals surface area contributed by atoms with Gasteiger partial charge in [-0.05, 0) is 55.0 Å². The van der Waals surface area contributed by atoms with Crippen LogP contribution in [0.15, 0.2) is 48.5 Å². The lowest BCUT2D eigenvalue weighted by molar-refractivity contribution is -0.130. The smallest absolute Gasteiger partial charge is 0.338 e. The summed E-state index contributed by atoms with van der Waals surface area (Å²) in [7, 11) is -3.15. The SMILES string of the molecule is C[C@@H](OC(=O)c1ccc(CS(C)(=O)=O)cc1)C(=O)N[C@H]1CCCc2ccccc21. The molecule has 0 saturated heterocycles. The number of rotatable bonds is 6. The molecule has 29 heavy (non-hydrogen) atoms. The first-order valence-corrected chi connectivity index (χ1v) is 11.6. The van der Waals surface area contributed by atoms with Gasteiger partial charge in [0, 0.05) is 6.26 Å². The zero-order chi connectivity index (χ0) is 21.0. The van der Waals surface area contributed by atoms with Crippen LogP contribution in [0.5, 0.6) is 0 Å². The van der Waals surface area contributed by atoms with E-state index in [1.54, 1.807) is 19.1 Å². The Balaban J connectivity index is 1.59. The number of ether oxygens (including phenoxy) is 1. The van der Waals surface area contributed by atoms with Crippen molar-refractivity contribution in [2.24, 2.45) is 0 Å². The number of nitrogens with one attached hydrogen (secondary N) is 1. The van der Waals surface area contributed by atoms with Crippen molar-refractivity contribution in [1.29, 1.82) is 0 Å². The molecule has 2 aromatic rings. The molecule has 0 fully saturated rings. The first-order valence-electron chi connectivity index (χ1n) is 9.59. The second kappa shape index (κ2) is 8.78. The second-order valence-electron chi connectivity index (χ2n) is 7.47. The van der Waals surface area contributed by atoms with Crippen LogP contribution in [0.2, 0.25) is 0 Å². The number of carbonyl (C=O) groups is 2. The third-order valence-corrected chi connectivity index (χ3v) is 5.82. The van der Waals surface area contributed by atoms with Crippen molar-refractivity contribution in [1.82, 2.24) is 5.32 Å². The molecule has 0 unspecified atom stereocenters. The van der Waals surface area contributed by atoms with Gasteiger partial charge in [-0.15, -0.1) is 0 Å². The van der Waals surface area contributed by atoms with Crippen LogP contribution in [0.1, 0.15) is 52.9 Å². The number of carbonyl (C=O) groups excluding carboxylic acids is 2. The quantitative estimate of drug-likeness (QED) is 0.733. The van der Waals surface area contributed by atoms with E-state index in [0.717, 1.165) is 31.1 Å². The number of hydrogen-bond acceptors (Lipinski definition) is 5. The van der Waals surface area contributed by atoms with Crippen molar-refractivity contribution in [3.8, 4) is 0 Å². The van der Waals surface area contributed by atoms with Gasteiger partial charge in [0.25, 0.3) is 5.91 Å². The Bertz CT molecular complexity index is 998. The summed E-state index contributed by atoms with van der Waals surface area (Å²) in [6, 6.07) is 14.1. The van der Waals surface area contributed by atoms with Gasteiger partial charge in [-0.3, -0.25) is 4.79 Å². The predicted molar refractivity (Wildman–Crippen MR) is 110 cm³/mol. The van der Waals surface area contributed by atoms with Crippen molar-refractivity contribution in [3.05, 3.63) is 70.8 Å². The normalized spacial score (nSPS) is 17.1. The monoisotopic (exact) mass is 415 g/mol. The molecule has 1 aliphatic rings. The van der Waals surface area contributed by atoms with Crippen LogP contribution < -0.4 is 5.32 Å². The molecule has 2 atom stereocenters. The van der Waals surface area contributed by atoms with Crippen molar-refractivity contribution in [3.63, 3.8) is 0 Å². The number of benzene rings is 2. The van der Waals surface area contributed by atoms with E-state index < -0.39 is 21.9 Å². The average Bonchev–Trinajstić information content (AvgIpc) is 2.67. The van der Waals surface area contributed by atoms with E-state index >= 15 is 0 Å². The van der Waals surface area contributed by atoms with Crippen LogP contribution in [0, 0.1) is 0 Å². The van der Waals surface area contributed by atoms with Crippen LogP contribution in [0.3, 0.4) is 0 Å². The van der Waals surface area contributed by atoms with Crippen LogP contribution in [-0.4, -0.2) is 32.7 Å². The van der Waals surface area contributed by atoms with E-state index in [4.69, 9.17) is 4.74 Å². The number of aryl methyl sites for hydroxylation is 1. The molecule has 0 bridgehead atoms. The first kappa shape index (κ1) is 21.0. The van der Waals surface area contributed by atoms with Gasteiger partial charge < -0.3 is 10.1 Å². The summed E-state index contributed by atoms with van der Waals surface area (Å²) in [6.45, 7) is 1.54. The predicted octanol–water partition coefficient (Wildman–Crippen LogP) is 2.97. The molecule has 0 saturated carbocycles. The minimum atomic E-state index is -3.15. The highest BCUT2D eigenvalue weighted by Gasteiger charge is 2.25. The fourth-order valence-corrected chi connectivity index (χ4v) is 4.31. The molecule has 154 valence electrons. The molecule has 3 rings (SSSR count). The van der Waals surface area contributed by atoms with Crippen LogP contribution in [0.25, 0.3) is 0 Å². The lowest BCUT2D eigenvalue weighted by Gasteiger charge is -2.27. The molecule has 6 nitrogen and oxygen atoms in total. The van der Waals surface area contributed by atoms with E-state index in [9.17, 15) is 18.0 Å². The van der Waals surface area contributed by atoms with Gasteiger partial charge >= 0.3 is 5.97 Å². The largest absolute Gasteiger partial charge is 0.449 e. The summed E-state index contributed by atoms with van der Waals surface area (Å²) in [4.78, 5) is 24.9.